The highest BCUT2D eigenvalue weighted by molar-refractivity contribution is 9.10. The highest BCUT2D eigenvalue weighted by Gasteiger charge is 2.11. The Balaban J connectivity index is 1.97. The van der Waals surface area contributed by atoms with Gasteiger partial charge in [-0.05, 0) is 40.2 Å². The molecule has 0 spiro atoms. The van der Waals surface area contributed by atoms with Crippen molar-refractivity contribution >= 4 is 60.7 Å². The first-order chi connectivity index (χ1) is 8.16. The van der Waals surface area contributed by atoms with Crippen LogP contribution in [0.4, 0.5) is 0 Å². The number of rotatable bonds is 4. The molecular weight excluding hydrogens is 384 g/mol. The number of Topliss-reactive ketones (excluding diaryl/α,β-unsaturated/α-hetero) is 1. The van der Waals surface area contributed by atoms with E-state index >= 15 is 0 Å². The fourth-order valence-electron chi connectivity index (χ4n) is 1.24. The Hall–Kier alpha value is -0.100. The van der Waals surface area contributed by atoms with Crippen molar-refractivity contribution in [1.29, 1.82) is 0 Å². The lowest BCUT2D eigenvalue weighted by Crippen LogP contribution is -2.01. The molecule has 0 saturated carbocycles. The molecule has 0 amide bonds. The number of hydrogen-bond donors (Lipinski definition) is 0. The minimum atomic E-state index is 0.158. The summed E-state index contributed by atoms with van der Waals surface area (Å²) in [7, 11) is 0. The molecule has 0 saturated heterocycles. The molecule has 0 N–H and O–H groups in total. The summed E-state index contributed by atoms with van der Waals surface area (Å²) in [6, 6.07) is 7.97. The summed E-state index contributed by atoms with van der Waals surface area (Å²) in [6.07, 6.45) is 0. The van der Waals surface area contributed by atoms with Gasteiger partial charge in [0.15, 0.2) is 5.78 Å². The van der Waals surface area contributed by atoms with E-state index in [4.69, 9.17) is 0 Å². The molecule has 1 aromatic carbocycles. The van der Waals surface area contributed by atoms with Crippen molar-refractivity contribution in [2.24, 2.45) is 0 Å². The topological polar surface area (TPSA) is 17.1 Å². The second kappa shape index (κ2) is 6.18. The molecule has 0 bridgehead atoms. The van der Waals surface area contributed by atoms with Gasteiger partial charge in [0.25, 0.3) is 0 Å². The molecule has 0 radical (unpaired) electrons. The van der Waals surface area contributed by atoms with Crippen molar-refractivity contribution in [3.8, 4) is 0 Å². The highest BCUT2D eigenvalue weighted by atomic mass is 79.9. The van der Waals surface area contributed by atoms with Gasteiger partial charge in [0.1, 0.15) is 0 Å². The van der Waals surface area contributed by atoms with Crippen molar-refractivity contribution < 1.29 is 4.79 Å². The minimum absolute atomic E-state index is 0.158. The summed E-state index contributed by atoms with van der Waals surface area (Å²) in [5.74, 6) is 0.628. The smallest absolute Gasteiger partial charge is 0.175 e. The first-order valence-electron chi connectivity index (χ1n) is 4.80. The van der Waals surface area contributed by atoms with Gasteiger partial charge in [-0.1, -0.05) is 15.9 Å². The molecule has 5 heteroatoms. The average molecular weight is 392 g/mol. The van der Waals surface area contributed by atoms with Gasteiger partial charge in [-0.25, -0.2) is 0 Å². The molecule has 1 heterocycles. The van der Waals surface area contributed by atoms with Crippen LogP contribution in [0.1, 0.15) is 10.4 Å². The molecular formula is C12H8Br2OS2. The lowest BCUT2D eigenvalue weighted by Gasteiger charge is -2.01. The molecule has 0 aliphatic heterocycles. The van der Waals surface area contributed by atoms with Crippen LogP contribution in [-0.4, -0.2) is 11.5 Å². The van der Waals surface area contributed by atoms with Crippen molar-refractivity contribution in [3.05, 3.63) is 49.5 Å². The molecule has 0 unspecified atom stereocenters. The standard InChI is InChI=1S/C12H8Br2OS2/c13-8-1-3-9(4-2-8)17-7-12(15)10-5-16-6-11(10)14/h1-6H,7H2. The fraction of sp³-hybridized carbons (Fsp3) is 0.0833. The van der Waals surface area contributed by atoms with E-state index in [1.54, 1.807) is 11.8 Å². The summed E-state index contributed by atoms with van der Waals surface area (Å²) in [4.78, 5) is 13.0. The van der Waals surface area contributed by atoms with Crippen LogP contribution in [0.2, 0.25) is 0 Å². The SMILES string of the molecule is O=C(CSc1ccc(Br)cc1)c1cscc1Br. The van der Waals surface area contributed by atoms with E-state index in [2.05, 4.69) is 31.9 Å². The molecule has 0 aliphatic carbocycles. The van der Waals surface area contributed by atoms with Crippen LogP contribution in [0.15, 0.2) is 48.9 Å². The third kappa shape index (κ3) is 3.68. The maximum atomic E-state index is 11.9. The lowest BCUT2D eigenvalue weighted by atomic mass is 10.2. The van der Waals surface area contributed by atoms with Crippen LogP contribution in [0.25, 0.3) is 0 Å². The summed E-state index contributed by atoms with van der Waals surface area (Å²) in [6.45, 7) is 0. The Bertz CT molecular complexity index is 520. The summed E-state index contributed by atoms with van der Waals surface area (Å²) >= 11 is 9.85. The number of hydrogen-bond acceptors (Lipinski definition) is 3. The van der Waals surface area contributed by atoms with Crippen LogP contribution in [0, 0.1) is 0 Å². The number of benzene rings is 1. The van der Waals surface area contributed by atoms with E-state index in [1.807, 2.05) is 35.0 Å². The maximum absolute atomic E-state index is 11.9. The number of thiophene rings is 1. The Morgan fingerprint density at radius 3 is 2.47 bits per heavy atom. The zero-order chi connectivity index (χ0) is 12.3. The first-order valence-corrected chi connectivity index (χ1v) is 8.31. The summed E-state index contributed by atoms with van der Waals surface area (Å²) in [5, 5.41) is 3.81. The molecule has 1 nitrogen and oxygen atoms in total. The van der Waals surface area contributed by atoms with E-state index in [9.17, 15) is 4.79 Å². The van der Waals surface area contributed by atoms with Gasteiger partial charge in [-0.2, -0.15) is 11.3 Å². The first kappa shape index (κ1) is 13.3. The third-order valence-corrected chi connectivity index (χ3v) is 5.34. The third-order valence-electron chi connectivity index (χ3n) is 2.10. The quantitative estimate of drug-likeness (QED) is 0.523. The van der Waals surface area contributed by atoms with E-state index in [0.717, 1.165) is 19.4 Å². The molecule has 88 valence electrons. The van der Waals surface area contributed by atoms with Crippen LogP contribution in [-0.2, 0) is 0 Å². The number of carbonyl (C=O) groups is 1. The van der Waals surface area contributed by atoms with Gasteiger partial charge in [0.05, 0.1) is 5.75 Å². The van der Waals surface area contributed by atoms with E-state index < -0.39 is 0 Å². The van der Waals surface area contributed by atoms with Crippen molar-refractivity contribution in [2.45, 2.75) is 4.90 Å². The Labute approximate surface area is 125 Å². The average Bonchev–Trinajstić information content (AvgIpc) is 2.74. The molecule has 0 atom stereocenters. The predicted octanol–water partition coefficient (Wildman–Crippen LogP) is 5.25. The predicted molar refractivity (Wildman–Crippen MR) is 81.2 cm³/mol. The highest BCUT2D eigenvalue weighted by Crippen LogP contribution is 2.25. The van der Waals surface area contributed by atoms with Crippen molar-refractivity contribution in [1.82, 2.24) is 0 Å². The maximum Gasteiger partial charge on any atom is 0.175 e. The largest absolute Gasteiger partial charge is 0.293 e. The van der Waals surface area contributed by atoms with Gasteiger partial charge in [0, 0.05) is 30.2 Å². The van der Waals surface area contributed by atoms with Crippen molar-refractivity contribution in [3.63, 3.8) is 0 Å². The molecule has 17 heavy (non-hydrogen) atoms. The monoisotopic (exact) mass is 390 g/mol. The molecule has 2 aromatic rings. The minimum Gasteiger partial charge on any atom is -0.293 e. The van der Waals surface area contributed by atoms with Crippen LogP contribution < -0.4 is 0 Å². The molecule has 0 fully saturated rings. The number of halogens is 2. The molecule has 2 rings (SSSR count). The van der Waals surface area contributed by atoms with E-state index in [-0.39, 0.29) is 5.78 Å². The zero-order valence-corrected chi connectivity index (χ0v) is 13.5. The Morgan fingerprint density at radius 2 is 1.88 bits per heavy atom. The van der Waals surface area contributed by atoms with Gasteiger partial charge in [-0.3, -0.25) is 4.79 Å². The van der Waals surface area contributed by atoms with E-state index in [1.165, 1.54) is 11.3 Å². The second-order valence-electron chi connectivity index (χ2n) is 3.30. The van der Waals surface area contributed by atoms with Gasteiger partial charge < -0.3 is 0 Å². The normalized spacial score (nSPS) is 10.5. The number of ketones is 1. The fourth-order valence-corrected chi connectivity index (χ4v) is 3.80. The van der Waals surface area contributed by atoms with Gasteiger partial charge >= 0.3 is 0 Å². The lowest BCUT2D eigenvalue weighted by molar-refractivity contribution is 0.102. The number of thioether (sulfide) groups is 1. The van der Waals surface area contributed by atoms with Crippen molar-refractivity contribution in [2.75, 3.05) is 5.75 Å². The van der Waals surface area contributed by atoms with Crippen LogP contribution in [0.3, 0.4) is 0 Å². The van der Waals surface area contributed by atoms with Crippen LogP contribution in [0.5, 0.6) is 0 Å². The summed E-state index contributed by atoms with van der Waals surface area (Å²) in [5.41, 5.74) is 0.777. The van der Waals surface area contributed by atoms with Gasteiger partial charge in [-0.15, -0.1) is 11.8 Å². The van der Waals surface area contributed by atoms with Crippen LogP contribution >= 0.6 is 55.0 Å². The van der Waals surface area contributed by atoms with Gasteiger partial charge in [0.2, 0.25) is 0 Å². The Kier molecular flexibility index (Phi) is 4.85. The Morgan fingerprint density at radius 1 is 1.18 bits per heavy atom. The summed E-state index contributed by atoms with van der Waals surface area (Å²) < 4.78 is 1.94. The molecule has 0 aliphatic rings. The molecule has 1 aromatic heterocycles. The van der Waals surface area contributed by atoms with E-state index in [0.29, 0.717) is 5.75 Å². The number of carbonyl (C=O) groups excluding carboxylic acids is 1. The zero-order valence-electron chi connectivity index (χ0n) is 8.65. The second-order valence-corrected chi connectivity index (χ2v) is 6.86.